The number of hydrogen-bond acceptors (Lipinski definition) is 6. The van der Waals surface area contributed by atoms with Gasteiger partial charge in [0.15, 0.2) is 0 Å². The highest BCUT2D eigenvalue weighted by atomic mass is 16.5. The van der Waals surface area contributed by atoms with Gasteiger partial charge in [0.25, 0.3) is 0 Å². The van der Waals surface area contributed by atoms with E-state index in [-0.39, 0.29) is 24.9 Å². The molecule has 8 heteroatoms. The highest BCUT2D eigenvalue weighted by Crippen LogP contribution is 2.44. The second-order valence-electron chi connectivity index (χ2n) is 10.6. The van der Waals surface area contributed by atoms with Gasteiger partial charge in [-0.15, -0.1) is 0 Å². The van der Waals surface area contributed by atoms with Crippen LogP contribution in [0.1, 0.15) is 54.7 Å². The zero-order valence-corrected chi connectivity index (χ0v) is 22.7. The van der Waals surface area contributed by atoms with Crippen LogP contribution in [0.4, 0.5) is 10.5 Å². The van der Waals surface area contributed by atoms with E-state index in [4.69, 9.17) is 15.2 Å². The van der Waals surface area contributed by atoms with Gasteiger partial charge in [0.1, 0.15) is 12.1 Å². The van der Waals surface area contributed by atoms with Crippen LogP contribution < -0.4 is 16.4 Å². The quantitative estimate of drug-likeness (QED) is 0.349. The minimum Gasteiger partial charge on any atom is -0.467 e. The highest BCUT2D eigenvalue weighted by Gasteiger charge is 2.42. The molecule has 2 aliphatic rings. The molecule has 0 aliphatic heterocycles. The summed E-state index contributed by atoms with van der Waals surface area (Å²) in [4.78, 5) is 37.9. The molecular weight excluding hydrogens is 506 g/mol. The van der Waals surface area contributed by atoms with Crippen LogP contribution in [0.25, 0.3) is 11.1 Å². The molecule has 0 unspecified atom stereocenters. The van der Waals surface area contributed by atoms with E-state index in [0.717, 1.165) is 36.0 Å². The van der Waals surface area contributed by atoms with Gasteiger partial charge < -0.3 is 20.5 Å². The fourth-order valence-corrected chi connectivity index (χ4v) is 5.88. The number of carbonyl (C=O) groups is 3. The number of nitrogens with one attached hydrogen (secondary N) is 2. The normalized spacial score (nSPS) is 16.2. The number of amides is 2. The summed E-state index contributed by atoms with van der Waals surface area (Å²) in [6.45, 7) is 0.231. The van der Waals surface area contributed by atoms with Crippen molar-refractivity contribution in [2.75, 3.05) is 19.0 Å². The molecule has 0 heterocycles. The van der Waals surface area contributed by atoms with Crippen LogP contribution in [0.15, 0.2) is 72.8 Å². The molecule has 0 bridgehead atoms. The van der Waals surface area contributed by atoms with Crippen molar-refractivity contribution in [3.05, 3.63) is 89.5 Å². The third-order valence-electron chi connectivity index (χ3n) is 7.98. The maximum atomic E-state index is 12.9. The minimum absolute atomic E-state index is 0.0138. The fraction of sp³-hybridized carbons (Fsp3) is 0.344. The first-order valence-electron chi connectivity index (χ1n) is 13.8. The van der Waals surface area contributed by atoms with Crippen LogP contribution in [0, 0.1) is 0 Å². The van der Waals surface area contributed by atoms with Crippen LogP contribution in [0.3, 0.4) is 0 Å². The Kier molecular flexibility index (Phi) is 8.16. The molecule has 40 heavy (non-hydrogen) atoms. The number of esters is 1. The van der Waals surface area contributed by atoms with Gasteiger partial charge in [-0.1, -0.05) is 79.9 Å². The van der Waals surface area contributed by atoms with Crippen molar-refractivity contribution in [3.8, 4) is 11.1 Å². The van der Waals surface area contributed by atoms with E-state index in [1.807, 2.05) is 36.4 Å². The Morgan fingerprint density at radius 3 is 2.10 bits per heavy atom. The lowest BCUT2D eigenvalue weighted by Gasteiger charge is -2.36. The third kappa shape index (κ3) is 5.72. The molecule has 1 saturated carbocycles. The van der Waals surface area contributed by atoms with Crippen molar-refractivity contribution in [1.82, 2.24) is 5.32 Å². The number of ether oxygens (including phenoxy) is 2. The lowest BCUT2D eigenvalue weighted by atomic mass is 9.81. The zero-order valence-electron chi connectivity index (χ0n) is 22.7. The number of fused-ring (bicyclic) bond motifs is 3. The molecular formula is C32H35N3O5. The molecule has 3 aromatic carbocycles. The summed E-state index contributed by atoms with van der Waals surface area (Å²) >= 11 is 0. The molecule has 2 amide bonds. The van der Waals surface area contributed by atoms with Gasteiger partial charge in [-0.3, -0.25) is 10.1 Å². The van der Waals surface area contributed by atoms with Crippen molar-refractivity contribution in [2.24, 2.45) is 5.73 Å². The number of anilines is 1. The predicted molar refractivity (Wildman–Crippen MR) is 153 cm³/mol. The molecule has 208 valence electrons. The Balaban J connectivity index is 1.14. The SMILES string of the molecule is COC(=O)C1(NC(=O)[C@@H](N)Cc2ccc(NC(=O)OCC3c4ccccc4-c4ccccc43)cc2)CCCCC1. The van der Waals surface area contributed by atoms with Gasteiger partial charge in [-0.05, 0) is 59.2 Å². The number of benzene rings is 3. The Morgan fingerprint density at radius 2 is 1.50 bits per heavy atom. The monoisotopic (exact) mass is 541 g/mol. The predicted octanol–water partition coefficient (Wildman–Crippen LogP) is 4.91. The Labute approximate surface area is 234 Å². The summed E-state index contributed by atoms with van der Waals surface area (Å²) in [7, 11) is 1.34. The molecule has 1 fully saturated rings. The second kappa shape index (κ2) is 11.9. The Hall–Kier alpha value is -4.17. The maximum absolute atomic E-state index is 12.9. The molecule has 5 rings (SSSR count). The summed E-state index contributed by atoms with van der Waals surface area (Å²) in [5.74, 6) is -0.815. The molecule has 0 aromatic heterocycles. The topological polar surface area (TPSA) is 120 Å². The molecule has 1 atom stereocenters. The lowest BCUT2D eigenvalue weighted by molar-refractivity contribution is -0.152. The highest BCUT2D eigenvalue weighted by molar-refractivity contribution is 5.90. The van der Waals surface area contributed by atoms with E-state index in [9.17, 15) is 14.4 Å². The van der Waals surface area contributed by atoms with Crippen molar-refractivity contribution < 1.29 is 23.9 Å². The van der Waals surface area contributed by atoms with Gasteiger partial charge >= 0.3 is 12.1 Å². The van der Waals surface area contributed by atoms with Gasteiger partial charge in [0.2, 0.25) is 5.91 Å². The molecule has 0 saturated heterocycles. The van der Waals surface area contributed by atoms with Crippen LogP contribution in [-0.2, 0) is 25.5 Å². The zero-order chi connectivity index (χ0) is 28.1. The molecule has 4 N–H and O–H groups in total. The minimum atomic E-state index is -1.00. The lowest BCUT2D eigenvalue weighted by Crippen LogP contribution is -2.59. The number of carbonyl (C=O) groups excluding carboxylic acids is 3. The van der Waals surface area contributed by atoms with Crippen LogP contribution in [0.5, 0.6) is 0 Å². The maximum Gasteiger partial charge on any atom is 0.411 e. The molecule has 3 aromatic rings. The van der Waals surface area contributed by atoms with Crippen molar-refractivity contribution in [2.45, 2.75) is 56.0 Å². The first-order valence-corrected chi connectivity index (χ1v) is 13.8. The number of nitrogens with two attached hydrogens (primary N) is 1. The Bertz CT molecular complexity index is 1340. The average Bonchev–Trinajstić information content (AvgIpc) is 3.30. The van der Waals surface area contributed by atoms with E-state index in [1.54, 1.807) is 12.1 Å². The summed E-state index contributed by atoms with van der Waals surface area (Å²) in [5, 5.41) is 5.65. The van der Waals surface area contributed by atoms with Crippen molar-refractivity contribution >= 4 is 23.7 Å². The largest absolute Gasteiger partial charge is 0.467 e. The summed E-state index contributed by atoms with van der Waals surface area (Å²) < 4.78 is 10.6. The molecule has 0 radical (unpaired) electrons. The first kappa shape index (κ1) is 27.4. The van der Waals surface area contributed by atoms with Gasteiger partial charge in [0, 0.05) is 11.6 Å². The summed E-state index contributed by atoms with van der Waals surface area (Å²) in [6, 6.07) is 22.7. The van der Waals surface area contributed by atoms with E-state index in [0.29, 0.717) is 18.5 Å². The molecule has 0 spiro atoms. The number of hydrogen-bond donors (Lipinski definition) is 3. The second-order valence-corrected chi connectivity index (χ2v) is 10.6. The fourth-order valence-electron chi connectivity index (χ4n) is 5.88. The number of rotatable bonds is 8. The summed E-state index contributed by atoms with van der Waals surface area (Å²) in [6.07, 6.45) is 3.57. The smallest absolute Gasteiger partial charge is 0.411 e. The first-order chi connectivity index (χ1) is 19.4. The molecule has 8 nitrogen and oxygen atoms in total. The van der Waals surface area contributed by atoms with E-state index in [1.165, 1.54) is 18.2 Å². The van der Waals surface area contributed by atoms with E-state index < -0.39 is 23.6 Å². The van der Waals surface area contributed by atoms with Gasteiger partial charge in [-0.25, -0.2) is 9.59 Å². The van der Waals surface area contributed by atoms with E-state index >= 15 is 0 Å². The van der Waals surface area contributed by atoms with Crippen LogP contribution in [0.2, 0.25) is 0 Å². The third-order valence-corrected chi connectivity index (χ3v) is 7.98. The van der Waals surface area contributed by atoms with Crippen LogP contribution >= 0.6 is 0 Å². The Morgan fingerprint density at radius 1 is 0.900 bits per heavy atom. The number of methoxy groups -OCH3 is 1. The van der Waals surface area contributed by atoms with Crippen molar-refractivity contribution in [3.63, 3.8) is 0 Å². The average molecular weight is 542 g/mol. The molecule has 2 aliphatic carbocycles. The van der Waals surface area contributed by atoms with Gasteiger partial charge in [0.05, 0.1) is 13.2 Å². The van der Waals surface area contributed by atoms with Gasteiger partial charge in [-0.2, -0.15) is 0 Å². The van der Waals surface area contributed by atoms with Crippen molar-refractivity contribution in [1.29, 1.82) is 0 Å². The standard InChI is InChI=1S/C32H35N3O5/c1-39-30(37)32(17-7-2-8-18-32)35-29(36)28(33)19-21-13-15-22(16-14-21)34-31(38)40-20-27-25-11-5-3-9-23(25)24-10-4-6-12-26(24)27/h3-6,9-16,27-28H,2,7-8,17-20,33H2,1H3,(H,34,38)(H,35,36)/t28-/m0/s1. The van der Waals surface area contributed by atoms with Crippen LogP contribution in [-0.4, -0.2) is 43.3 Å². The summed E-state index contributed by atoms with van der Waals surface area (Å²) in [5.41, 5.74) is 11.3. The van der Waals surface area contributed by atoms with E-state index in [2.05, 4.69) is 34.9 Å².